The third-order valence-electron chi connectivity index (χ3n) is 2.38. The van der Waals surface area contributed by atoms with E-state index < -0.39 is 12.1 Å². The third kappa shape index (κ3) is 2.31. The Balaban J connectivity index is 2.87. The fourth-order valence-electron chi connectivity index (χ4n) is 1.31. The first kappa shape index (κ1) is 10.7. The van der Waals surface area contributed by atoms with E-state index in [1.807, 2.05) is 26.0 Å². The van der Waals surface area contributed by atoms with Crippen molar-refractivity contribution in [3.8, 4) is 0 Å². The molecular formula is C11H13FO2. The number of hydrogen-bond acceptors (Lipinski definition) is 1. The van der Waals surface area contributed by atoms with Crippen LogP contribution < -0.4 is 0 Å². The Labute approximate surface area is 82.4 Å². The van der Waals surface area contributed by atoms with Gasteiger partial charge in [-0.2, -0.15) is 0 Å². The van der Waals surface area contributed by atoms with Crippen LogP contribution in [0.1, 0.15) is 16.7 Å². The van der Waals surface area contributed by atoms with Crippen molar-refractivity contribution in [2.75, 3.05) is 0 Å². The van der Waals surface area contributed by atoms with E-state index in [0.717, 1.165) is 16.7 Å². The summed E-state index contributed by atoms with van der Waals surface area (Å²) in [6, 6.07) is 5.50. The predicted octanol–water partition coefficient (Wildman–Crippen LogP) is 2.27. The van der Waals surface area contributed by atoms with E-state index in [4.69, 9.17) is 5.11 Å². The lowest BCUT2D eigenvalue weighted by molar-refractivity contribution is -0.142. The standard InChI is InChI=1S/C11H13FO2/c1-7-4-3-5-9(8(7)2)6-10(12)11(13)14/h3-5,10H,6H2,1-2H3,(H,13,14). The lowest BCUT2D eigenvalue weighted by atomic mass is 9.99. The molecule has 0 heterocycles. The zero-order valence-electron chi connectivity index (χ0n) is 8.25. The van der Waals surface area contributed by atoms with Crippen LogP contribution in [0.4, 0.5) is 4.39 Å². The second-order valence-electron chi connectivity index (χ2n) is 3.37. The van der Waals surface area contributed by atoms with Crippen molar-refractivity contribution in [3.63, 3.8) is 0 Å². The Bertz CT molecular complexity index is 347. The highest BCUT2D eigenvalue weighted by Crippen LogP contribution is 2.15. The number of aryl methyl sites for hydroxylation is 1. The van der Waals surface area contributed by atoms with Crippen LogP contribution in [-0.4, -0.2) is 17.2 Å². The van der Waals surface area contributed by atoms with Crippen LogP contribution in [0.25, 0.3) is 0 Å². The molecule has 0 fully saturated rings. The van der Waals surface area contributed by atoms with Crippen molar-refractivity contribution in [1.82, 2.24) is 0 Å². The van der Waals surface area contributed by atoms with Crippen LogP contribution in [0, 0.1) is 13.8 Å². The smallest absolute Gasteiger partial charge is 0.338 e. The topological polar surface area (TPSA) is 37.3 Å². The first-order valence-electron chi connectivity index (χ1n) is 4.44. The molecule has 1 aromatic rings. The van der Waals surface area contributed by atoms with E-state index in [9.17, 15) is 9.18 Å². The highest BCUT2D eigenvalue weighted by atomic mass is 19.1. The van der Waals surface area contributed by atoms with Gasteiger partial charge in [0.25, 0.3) is 0 Å². The van der Waals surface area contributed by atoms with Gasteiger partial charge in [-0.05, 0) is 30.5 Å². The molecule has 1 aromatic carbocycles. The zero-order chi connectivity index (χ0) is 10.7. The minimum absolute atomic E-state index is 0.0527. The van der Waals surface area contributed by atoms with E-state index >= 15 is 0 Å². The van der Waals surface area contributed by atoms with Gasteiger partial charge in [0.1, 0.15) is 0 Å². The van der Waals surface area contributed by atoms with E-state index in [1.165, 1.54) is 0 Å². The molecule has 3 heteroatoms. The van der Waals surface area contributed by atoms with Crippen molar-refractivity contribution in [1.29, 1.82) is 0 Å². The average molecular weight is 196 g/mol. The number of hydrogen-bond donors (Lipinski definition) is 1. The summed E-state index contributed by atoms with van der Waals surface area (Å²) < 4.78 is 12.9. The summed E-state index contributed by atoms with van der Waals surface area (Å²) in [5.41, 5.74) is 2.79. The number of carboxylic acids is 1. The molecule has 0 aromatic heterocycles. The van der Waals surface area contributed by atoms with Gasteiger partial charge in [0.05, 0.1) is 0 Å². The van der Waals surface area contributed by atoms with Crippen LogP contribution in [0.2, 0.25) is 0 Å². The van der Waals surface area contributed by atoms with Gasteiger partial charge in [-0.25, -0.2) is 9.18 Å². The fourth-order valence-corrected chi connectivity index (χ4v) is 1.31. The van der Waals surface area contributed by atoms with Crippen LogP contribution in [-0.2, 0) is 11.2 Å². The molecule has 1 rings (SSSR count). The number of carboxylic acid groups (broad SMARTS) is 1. The molecule has 2 nitrogen and oxygen atoms in total. The molecule has 0 aliphatic carbocycles. The number of alkyl halides is 1. The molecule has 0 saturated carbocycles. The van der Waals surface area contributed by atoms with Crippen LogP contribution in [0.15, 0.2) is 18.2 Å². The van der Waals surface area contributed by atoms with Gasteiger partial charge in [-0.15, -0.1) is 0 Å². The minimum atomic E-state index is -1.81. The monoisotopic (exact) mass is 196 g/mol. The van der Waals surface area contributed by atoms with Gasteiger partial charge in [0.2, 0.25) is 6.17 Å². The van der Waals surface area contributed by atoms with E-state index in [0.29, 0.717) is 0 Å². The van der Waals surface area contributed by atoms with Crippen molar-refractivity contribution in [2.45, 2.75) is 26.4 Å². The first-order chi connectivity index (χ1) is 6.52. The number of benzene rings is 1. The molecule has 0 aliphatic heterocycles. The molecule has 14 heavy (non-hydrogen) atoms. The molecule has 0 spiro atoms. The molecular weight excluding hydrogens is 183 g/mol. The third-order valence-corrected chi connectivity index (χ3v) is 2.38. The zero-order valence-corrected chi connectivity index (χ0v) is 8.25. The Hall–Kier alpha value is -1.38. The molecule has 76 valence electrons. The summed E-state index contributed by atoms with van der Waals surface area (Å²) >= 11 is 0. The van der Waals surface area contributed by atoms with Gasteiger partial charge in [-0.3, -0.25) is 0 Å². The van der Waals surface area contributed by atoms with Crippen LogP contribution in [0.3, 0.4) is 0 Å². The van der Waals surface area contributed by atoms with Gasteiger partial charge in [-0.1, -0.05) is 18.2 Å². The fraction of sp³-hybridized carbons (Fsp3) is 0.364. The maximum absolute atomic E-state index is 12.9. The molecule has 0 saturated heterocycles. The van der Waals surface area contributed by atoms with Crippen LogP contribution in [0.5, 0.6) is 0 Å². The lowest BCUT2D eigenvalue weighted by Crippen LogP contribution is -2.17. The molecule has 0 amide bonds. The van der Waals surface area contributed by atoms with Crippen molar-refractivity contribution < 1.29 is 14.3 Å². The van der Waals surface area contributed by atoms with Crippen LogP contribution >= 0.6 is 0 Å². The van der Waals surface area contributed by atoms with Crippen molar-refractivity contribution in [2.24, 2.45) is 0 Å². The largest absolute Gasteiger partial charge is 0.479 e. The second kappa shape index (κ2) is 4.22. The first-order valence-corrected chi connectivity index (χ1v) is 4.44. The Morgan fingerprint density at radius 2 is 2.14 bits per heavy atom. The summed E-state index contributed by atoms with van der Waals surface area (Å²) in [7, 11) is 0. The maximum atomic E-state index is 12.9. The molecule has 1 atom stereocenters. The van der Waals surface area contributed by atoms with Gasteiger partial charge < -0.3 is 5.11 Å². The number of aliphatic carboxylic acids is 1. The summed E-state index contributed by atoms with van der Waals surface area (Å²) in [6.45, 7) is 3.80. The van der Waals surface area contributed by atoms with E-state index in [-0.39, 0.29) is 6.42 Å². The molecule has 0 bridgehead atoms. The number of carbonyl (C=O) groups is 1. The maximum Gasteiger partial charge on any atom is 0.338 e. The van der Waals surface area contributed by atoms with E-state index in [2.05, 4.69) is 0 Å². The number of halogens is 1. The predicted molar refractivity (Wildman–Crippen MR) is 52.2 cm³/mol. The summed E-state index contributed by atoms with van der Waals surface area (Å²) in [4.78, 5) is 10.3. The summed E-state index contributed by atoms with van der Waals surface area (Å²) in [6.07, 6.45) is -1.86. The molecule has 1 unspecified atom stereocenters. The minimum Gasteiger partial charge on any atom is -0.479 e. The Morgan fingerprint density at radius 1 is 1.50 bits per heavy atom. The van der Waals surface area contributed by atoms with Crippen molar-refractivity contribution in [3.05, 3.63) is 34.9 Å². The van der Waals surface area contributed by atoms with Gasteiger partial charge >= 0.3 is 5.97 Å². The highest BCUT2D eigenvalue weighted by molar-refractivity contribution is 5.72. The normalized spacial score (nSPS) is 12.5. The average Bonchev–Trinajstić information content (AvgIpc) is 2.12. The Morgan fingerprint density at radius 3 is 2.71 bits per heavy atom. The molecule has 1 N–H and O–H groups in total. The summed E-state index contributed by atoms with van der Waals surface area (Å²) in [5.74, 6) is -1.40. The number of rotatable bonds is 3. The van der Waals surface area contributed by atoms with Gasteiger partial charge in [0.15, 0.2) is 0 Å². The Kier molecular flexibility index (Phi) is 3.23. The molecule has 0 aliphatic rings. The lowest BCUT2D eigenvalue weighted by Gasteiger charge is -2.08. The van der Waals surface area contributed by atoms with Gasteiger partial charge in [0, 0.05) is 6.42 Å². The molecule has 0 radical (unpaired) electrons. The van der Waals surface area contributed by atoms with E-state index in [1.54, 1.807) is 6.07 Å². The second-order valence-corrected chi connectivity index (χ2v) is 3.37. The highest BCUT2D eigenvalue weighted by Gasteiger charge is 2.17. The SMILES string of the molecule is Cc1cccc(CC(F)C(=O)O)c1C. The van der Waals surface area contributed by atoms with Crippen molar-refractivity contribution >= 4 is 5.97 Å². The quantitative estimate of drug-likeness (QED) is 0.805. The summed E-state index contributed by atoms with van der Waals surface area (Å²) in [5, 5.41) is 8.43.